The third-order valence-corrected chi connectivity index (χ3v) is 3.58. The molecule has 1 saturated heterocycles. The molecule has 1 heterocycles. The van der Waals surface area contributed by atoms with Crippen LogP contribution in [0.15, 0.2) is 0 Å². The number of ether oxygens (including phenoxy) is 2. The smallest absolute Gasteiger partial charge is 0.249 e. The molecule has 1 aliphatic carbocycles. The molecule has 5 unspecified atom stereocenters. The van der Waals surface area contributed by atoms with Gasteiger partial charge in [-0.1, -0.05) is 0 Å². The van der Waals surface area contributed by atoms with Gasteiger partial charge in [-0.2, -0.15) is 0 Å². The Bertz CT molecular complexity index is 283. The third-order valence-electron chi connectivity index (χ3n) is 3.58. The van der Waals surface area contributed by atoms with Crippen molar-refractivity contribution in [2.24, 2.45) is 5.73 Å². The van der Waals surface area contributed by atoms with Crippen LogP contribution >= 0.6 is 0 Å². The molecule has 2 aliphatic rings. The van der Waals surface area contributed by atoms with Crippen LogP contribution in [0.1, 0.15) is 33.1 Å². The predicted octanol–water partition coefficient (Wildman–Crippen LogP) is 0.175. The van der Waals surface area contributed by atoms with Crippen LogP contribution in [0.4, 0.5) is 0 Å². The molecule has 5 atom stereocenters. The molecule has 2 rings (SSSR count). The quantitative estimate of drug-likeness (QED) is 0.737. The molecule has 5 nitrogen and oxygen atoms in total. The molecule has 0 aromatic rings. The summed E-state index contributed by atoms with van der Waals surface area (Å²) >= 11 is 0. The number of nitrogens with one attached hydrogen (secondary N) is 1. The molecule has 0 aromatic heterocycles. The Balaban J connectivity index is 1.81. The normalized spacial score (nSPS) is 41.0. The molecule has 3 N–H and O–H groups in total. The Hall–Kier alpha value is -0.650. The first-order valence-electron chi connectivity index (χ1n) is 6.44. The maximum atomic E-state index is 11.9. The van der Waals surface area contributed by atoms with Crippen molar-refractivity contribution in [1.82, 2.24) is 5.32 Å². The predicted molar refractivity (Wildman–Crippen MR) is 63.5 cm³/mol. The van der Waals surface area contributed by atoms with Crippen LogP contribution < -0.4 is 11.1 Å². The Morgan fingerprint density at radius 2 is 2.29 bits per heavy atom. The molecule has 1 amide bonds. The Kier molecular flexibility index (Phi) is 4.01. The van der Waals surface area contributed by atoms with Gasteiger partial charge < -0.3 is 20.5 Å². The van der Waals surface area contributed by atoms with Crippen LogP contribution in [0.3, 0.4) is 0 Å². The summed E-state index contributed by atoms with van der Waals surface area (Å²) in [5.74, 6) is -0.0424. The summed E-state index contributed by atoms with van der Waals surface area (Å²) in [7, 11) is 0. The Labute approximate surface area is 102 Å². The monoisotopic (exact) mass is 242 g/mol. The van der Waals surface area contributed by atoms with E-state index in [1.807, 2.05) is 13.8 Å². The molecular weight excluding hydrogens is 220 g/mol. The lowest BCUT2D eigenvalue weighted by Gasteiger charge is -2.42. The summed E-state index contributed by atoms with van der Waals surface area (Å²) in [4.78, 5) is 11.9. The Morgan fingerprint density at radius 1 is 1.53 bits per heavy atom. The third kappa shape index (κ3) is 2.78. The van der Waals surface area contributed by atoms with Crippen molar-refractivity contribution in [3.05, 3.63) is 0 Å². The first-order chi connectivity index (χ1) is 8.11. The number of nitrogens with two attached hydrogens (primary N) is 1. The minimum Gasteiger partial charge on any atom is -0.376 e. The second kappa shape index (κ2) is 5.33. The molecule has 0 bridgehead atoms. The molecule has 2 fully saturated rings. The second-order valence-corrected chi connectivity index (χ2v) is 4.94. The van der Waals surface area contributed by atoms with Crippen molar-refractivity contribution < 1.29 is 14.3 Å². The van der Waals surface area contributed by atoms with Crippen LogP contribution in [0.5, 0.6) is 0 Å². The van der Waals surface area contributed by atoms with Crippen LogP contribution in [0, 0.1) is 0 Å². The van der Waals surface area contributed by atoms with Gasteiger partial charge >= 0.3 is 0 Å². The molecule has 17 heavy (non-hydrogen) atoms. The Morgan fingerprint density at radius 3 is 2.82 bits per heavy atom. The maximum absolute atomic E-state index is 11.9. The lowest BCUT2D eigenvalue weighted by Crippen LogP contribution is -2.65. The van der Waals surface area contributed by atoms with Crippen LogP contribution in [-0.4, -0.2) is 42.9 Å². The minimum atomic E-state index is -0.305. The van der Waals surface area contributed by atoms with Gasteiger partial charge in [0.05, 0.1) is 18.2 Å². The van der Waals surface area contributed by atoms with Crippen LogP contribution in [-0.2, 0) is 14.3 Å². The molecule has 1 saturated carbocycles. The summed E-state index contributed by atoms with van der Waals surface area (Å²) in [6, 6.07) is -0.0451. The van der Waals surface area contributed by atoms with Gasteiger partial charge in [-0.05, 0) is 33.1 Å². The van der Waals surface area contributed by atoms with E-state index >= 15 is 0 Å². The maximum Gasteiger partial charge on any atom is 0.249 e. The number of carbonyl (C=O) groups is 1. The van der Waals surface area contributed by atoms with E-state index in [1.54, 1.807) is 0 Å². The van der Waals surface area contributed by atoms with Crippen LogP contribution in [0.25, 0.3) is 0 Å². The molecule has 0 radical (unpaired) electrons. The number of amides is 1. The summed E-state index contributed by atoms with van der Waals surface area (Å²) in [5.41, 5.74) is 5.88. The topological polar surface area (TPSA) is 73.6 Å². The highest BCUT2D eigenvalue weighted by molar-refractivity contribution is 5.81. The summed E-state index contributed by atoms with van der Waals surface area (Å²) in [6.45, 7) is 4.59. The highest BCUT2D eigenvalue weighted by Gasteiger charge is 2.42. The molecule has 1 aliphatic heterocycles. The molecule has 0 aromatic carbocycles. The number of carbonyl (C=O) groups excluding carboxylic acids is 1. The van der Waals surface area contributed by atoms with E-state index in [2.05, 4.69) is 5.32 Å². The average molecular weight is 242 g/mol. The van der Waals surface area contributed by atoms with Crippen molar-refractivity contribution in [2.45, 2.75) is 63.5 Å². The van der Waals surface area contributed by atoms with Crippen molar-refractivity contribution in [2.75, 3.05) is 6.61 Å². The van der Waals surface area contributed by atoms with Crippen molar-refractivity contribution in [3.63, 3.8) is 0 Å². The van der Waals surface area contributed by atoms with Gasteiger partial charge in [-0.15, -0.1) is 0 Å². The van der Waals surface area contributed by atoms with E-state index in [1.165, 1.54) is 0 Å². The van der Waals surface area contributed by atoms with Crippen molar-refractivity contribution >= 4 is 5.91 Å². The molecule has 98 valence electrons. The summed E-state index contributed by atoms with van der Waals surface area (Å²) in [5, 5.41) is 2.95. The lowest BCUT2D eigenvalue weighted by atomic mass is 9.83. The van der Waals surface area contributed by atoms with Gasteiger partial charge in [0.2, 0.25) is 5.91 Å². The van der Waals surface area contributed by atoms with Gasteiger partial charge in [0.1, 0.15) is 6.10 Å². The zero-order chi connectivity index (χ0) is 12.4. The highest BCUT2D eigenvalue weighted by Crippen LogP contribution is 2.24. The lowest BCUT2D eigenvalue weighted by molar-refractivity contribution is -0.136. The highest BCUT2D eigenvalue weighted by atomic mass is 16.5. The average Bonchev–Trinajstić information content (AvgIpc) is 2.72. The van der Waals surface area contributed by atoms with Gasteiger partial charge in [-0.25, -0.2) is 0 Å². The zero-order valence-corrected chi connectivity index (χ0v) is 10.5. The largest absolute Gasteiger partial charge is 0.376 e. The molecule has 0 spiro atoms. The fraction of sp³-hybridized carbons (Fsp3) is 0.917. The second-order valence-electron chi connectivity index (χ2n) is 4.94. The van der Waals surface area contributed by atoms with Gasteiger partial charge in [-0.3, -0.25) is 4.79 Å². The summed E-state index contributed by atoms with van der Waals surface area (Å²) < 4.78 is 11.0. The fourth-order valence-electron chi connectivity index (χ4n) is 2.48. The van der Waals surface area contributed by atoms with E-state index in [9.17, 15) is 4.79 Å². The van der Waals surface area contributed by atoms with E-state index in [0.717, 1.165) is 19.3 Å². The molecular formula is C12H22N2O3. The van der Waals surface area contributed by atoms with Gasteiger partial charge in [0.25, 0.3) is 0 Å². The number of rotatable bonds is 4. The number of hydrogen-bond donors (Lipinski definition) is 2. The van der Waals surface area contributed by atoms with E-state index < -0.39 is 0 Å². The minimum absolute atomic E-state index is 0.00864. The zero-order valence-electron chi connectivity index (χ0n) is 10.5. The van der Waals surface area contributed by atoms with Gasteiger partial charge in [0.15, 0.2) is 0 Å². The van der Waals surface area contributed by atoms with Crippen molar-refractivity contribution in [3.8, 4) is 0 Å². The summed E-state index contributed by atoms with van der Waals surface area (Å²) in [6.07, 6.45) is 2.51. The SMILES string of the molecule is CCOC1CC(N)C1NC(=O)C1CCC(C)O1. The van der Waals surface area contributed by atoms with Gasteiger partial charge in [0, 0.05) is 12.6 Å². The first-order valence-corrected chi connectivity index (χ1v) is 6.44. The van der Waals surface area contributed by atoms with E-state index in [-0.39, 0.29) is 36.3 Å². The fourth-order valence-corrected chi connectivity index (χ4v) is 2.48. The first kappa shape index (κ1) is 12.8. The number of hydrogen-bond acceptors (Lipinski definition) is 4. The van der Waals surface area contributed by atoms with Crippen LogP contribution in [0.2, 0.25) is 0 Å². The standard InChI is InChI=1S/C12H22N2O3/c1-3-16-10-6-8(13)11(10)14-12(15)9-5-4-7(2)17-9/h7-11H,3-6,13H2,1-2H3,(H,14,15). The van der Waals surface area contributed by atoms with E-state index in [4.69, 9.17) is 15.2 Å². The molecule has 5 heteroatoms. The van der Waals surface area contributed by atoms with E-state index in [0.29, 0.717) is 6.61 Å². The van der Waals surface area contributed by atoms with Crippen molar-refractivity contribution in [1.29, 1.82) is 0 Å².